The molecular weight excluding hydrogens is 257 g/mol. The molecule has 0 aliphatic rings. The Balaban J connectivity index is 2.07. The minimum Gasteiger partial charge on any atom is -0.271 e. The fourth-order valence-corrected chi connectivity index (χ4v) is 2.05. The van der Waals surface area contributed by atoms with Gasteiger partial charge < -0.3 is 0 Å². The molecule has 0 aliphatic heterocycles. The summed E-state index contributed by atoms with van der Waals surface area (Å²) in [5, 5.41) is 0. The van der Waals surface area contributed by atoms with Gasteiger partial charge in [0.25, 0.3) is 0 Å². The van der Waals surface area contributed by atoms with Gasteiger partial charge in [-0.2, -0.15) is 0 Å². The number of benzene rings is 1. The number of nitrogens with zero attached hydrogens (tertiary/aromatic N) is 3. The summed E-state index contributed by atoms with van der Waals surface area (Å²) in [6.45, 7) is 0. The van der Waals surface area contributed by atoms with Gasteiger partial charge in [-0.05, 0) is 23.8 Å². The molecule has 100 valence electrons. The number of rotatable bonds is 3. The number of para-hydroxylation sites is 2. The quantitative estimate of drug-likeness (QED) is 0.559. The summed E-state index contributed by atoms with van der Waals surface area (Å²) in [6, 6.07) is 8.43. The second kappa shape index (κ2) is 5.28. The van der Waals surface area contributed by atoms with E-state index in [1.807, 2.05) is 24.3 Å². The summed E-state index contributed by atoms with van der Waals surface area (Å²) >= 11 is 0. The highest BCUT2D eigenvalue weighted by Crippen LogP contribution is 2.20. The van der Waals surface area contributed by atoms with Crippen LogP contribution in [0.25, 0.3) is 11.0 Å². The largest absolute Gasteiger partial charge is 0.271 e. The molecule has 1 unspecified atom stereocenters. The van der Waals surface area contributed by atoms with Crippen molar-refractivity contribution in [2.24, 2.45) is 5.84 Å². The van der Waals surface area contributed by atoms with Crippen molar-refractivity contribution >= 4 is 11.0 Å². The minimum atomic E-state index is -0.463. The SMILES string of the molecule is NNC(c1cncc(F)c1)c1cnc2ccccc2n1. The predicted molar refractivity (Wildman–Crippen MR) is 72.9 cm³/mol. The van der Waals surface area contributed by atoms with E-state index in [1.165, 1.54) is 6.07 Å². The minimum absolute atomic E-state index is 0.420. The summed E-state index contributed by atoms with van der Waals surface area (Å²) in [5.74, 6) is 5.14. The first kappa shape index (κ1) is 12.6. The number of nitrogens with two attached hydrogens (primary N) is 1. The maximum absolute atomic E-state index is 13.3. The standard InChI is InChI=1S/C14H12FN5/c15-10-5-9(6-17-7-10)14(20-16)13-8-18-11-3-1-2-4-12(11)19-13/h1-8,14,20H,16H2. The van der Waals surface area contributed by atoms with Gasteiger partial charge in [0.1, 0.15) is 5.82 Å². The molecule has 1 aromatic carbocycles. The van der Waals surface area contributed by atoms with Crippen LogP contribution >= 0.6 is 0 Å². The van der Waals surface area contributed by atoms with E-state index in [4.69, 9.17) is 5.84 Å². The van der Waals surface area contributed by atoms with Gasteiger partial charge in [0.15, 0.2) is 0 Å². The number of halogens is 1. The molecule has 5 nitrogen and oxygen atoms in total. The number of aromatic nitrogens is 3. The van der Waals surface area contributed by atoms with E-state index in [-0.39, 0.29) is 0 Å². The Morgan fingerprint density at radius 3 is 2.65 bits per heavy atom. The van der Waals surface area contributed by atoms with Crippen LogP contribution in [0.5, 0.6) is 0 Å². The normalized spacial score (nSPS) is 12.5. The van der Waals surface area contributed by atoms with E-state index in [0.717, 1.165) is 17.2 Å². The lowest BCUT2D eigenvalue weighted by atomic mass is 10.1. The molecule has 2 aromatic heterocycles. The van der Waals surface area contributed by atoms with Crippen LogP contribution in [0.1, 0.15) is 17.3 Å². The molecule has 0 saturated heterocycles. The van der Waals surface area contributed by atoms with Gasteiger partial charge in [-0.25, -0.2) is 14.8 Å². The number of fused-ring (bicyclic) bond motifs is 1. The summed E-state index contributed by atoms with van der Waals surface area (Å²) in [7, 11) is 0. The van der Waals surface area contributed by atoms with Gasteiger partial charge in [-0.1, -0.05) is 12.1 Å². The Kier molecular flexibility index (Phi) is 3.32. The average molecular weight is 269 g/mol. The lowest BCUT2D eigenvalue weighted by Gasteiger charge is -2.15. The van der Waals surface area contributed by atoms with Crippen LogP contribution in [-0.2, 0) is 0 Å². The molecule has 0 saturated carbocycles. The summed E-state index contributed by atoms with van der Waals surface area (Å²) in [4.78, 5) is 12.6. The van der Waals surface area contributed by atoms with Crippen LogP contribution in [0, 0.1) is 5.82 Å². The molecule has 0 bridgehead atoms. The zero-order valence-corrected chi connectivity index (χ0v) is 10.5. The Hall–Kier alpha value is -2.44. The van der Waals surface area contributed by atoms with Crippen molar-refractivity contribution in [2.45, 2.75) is 6.04 Å². The lowest BCUT2D eigenvalue weighted by Crippen LogP contribution is -2.29. The summed E-state index contributed by atoms with van der Waals surface area (Å²) < 4.78 is 13.3. The molecule has 3 aromatic rings. The third-order valence-corrected chi connectivity index (χ3v) is 2.99. The summed E-state index contributed by atoms with van der Waals surface area (Å²) in [6.07, 6.45) is 4.31. The van der Waals surface area contributed by atoms with Gasteiger partial charge in [-0.15, -0.1) is 0 Å². The van der Waals surface area contributed by atoms with Crippen molar-refractivity contribution < 1.29 is 4.39 Å². The maximum Gasteiger partial charge on any atom is 0.141 e. The highest BCUT2D eigenvalue weighted by atomic mass is 19.1. The molecule has 1 atom stereocenters. The van der Waals surface area contributed by atoms with E-state index in [1.54, 1.807) is 12.4 Å². The number of nitrogens with one attached hydrogen (secondary N) is 1. The zero-order valence-electron chi connectivity index (χ0n) is 10.5. The fraction of sp³-hybridized carbons (Fsp3) is 0.0714. The van der Waals surface area contributed by atoms with E-state index >= 15 is 0 Å². The smallest absolute Gasteiger partial charge is 0.141 e. The highest BCUT2D eigenvalue weighted by Gasteiger charge is 2.16. The van der Waals surface area contributed by atoms with Crippen LogP contribution in [0.2, 0.25) is 0 Å². The van der Waals surface area contributed by atoms with E-state index in [9.17, 15) is 4.39 Å². The molecule has 0 spiro atoms. The van der Waals surface area contributed by atoms with Crippen LogP contribution in [0.3, 0.4) is 0 Å². The second-order valence-electron chi connectivity index (χ2n) is 4.32. The molecular formula is C14H12FN5. The van der Waals surface area contributed by atoms with Gasteiger partial charge in [0, 0.05) is 6.20 Å². The van der Waals surface area contributed by atoms with E-state index in [2.05, 4.69) is 20.4 Å². The van der Waals surface area contributed by atoms with Crippen molar-refractivity contribution in [3.05, 3.63) is 66.0 Å². The molecule has 0 aliphatic carbocycles. The maximum atomic E-state index is 13.3. The Morgan fingerprint density at radius 1 is 1.10 bits per heavy atom. The highest BCUT2D eigenvalue weighted by molar-refractivity contribution is 5.73. The monoisotopic (exact) mass is 269 g/mol. The summed E-state index contributed by atoms with van der Waals surface area (Å²) in [5.41, 5.74) is 5.38. The average Bonchev–Trinajstić information content (AvgIpc) is 2.48. The van der Waals surface area contributed by atoms with Crippen molar-refractivity contribution in [1.82, 2.24) is 20.4 Å². The fourth-order valence-electron chi connectivity index (χ4n) is 2.05. The van der Waals surface area contributed by atoms with Crippen molar-refractivity contribution in [3.8, 4) is 0 Å². The number of hydrazine groups is 1. The molecule has 3 rings (SSSR count). The van der Waals surface area contributed by atoms with Crippen molar-refractivity contribution in [1.29, 1.82) is 0 Å². The first-order valence-electron chi connectivity index (χ1n) is 6.06. The molecule has 20 heavy (non-hydrogen) atoms. The third-order valence-electron chi connectivity index (χ3n) is 2.99. The van der Waals surface area contributed by atoms with Crippen molar-refractivity contribution in [3.63, 3.8) is 0 Å². The van der Waals surface area contributed by atoms with Crippen LogP contribution < -0.4 is 11.3 Å². The lowest BCUT2D eigenvalue weighted by molar-refractivity contribution is 0.591. The van der Waals surface area contributed by atoms with Crippen LogP contribution in [-0.4, -0.2) is 15.0 Å². The zero-order chi connectivity index (χ0) is 13.9. The first-order valence-corrected chi connectivity index (χ1v) is 6.06. The van der Waals surface area contributed by atoms with Crippen molar-refractivity contribution in [2.75, 3.05) is 0 Å². The topological polar surface area (TPSA) is 76.7 Å². The Labute approximate surface area is 114 Å². The Morgan fingerprint density at radius 2 is 1.90 bits per heavy atom. The van der Waals surface area contributed by atoms with Crippen LogP contribution in [0.4, 0.5) is 4.39 Å². The molecule has 3 N–H and O–H groups in total. The van der Waals surface area contributed by atoms with E-state index < -0.39 is 11.9 Å². The molecule has 2 heterocycles. The van der Waals surface area contributed by atoms with Gasteiger partial charge in [0.2, 0.25) is 0 Å². The number of hydrogen-bond donors (Lipinski definition) is 2. The van der Waals surface area contributed by atoms with Crippen LogP contribution in [0.15, 0.2) is 48.9 Å². The molecule has 0 amide bonds. The van der Waals surface area contributed by atoms with Gasteiger partial charge >= 0.3 is 0 Å². The van der Waals surface area contributed by atoms with Gasteiger partial charge in [-0.3, -0.25) is 15.8 Å². The first-order chi connectivity index (χ1) is 9.78. The number of hydrogen-bond acceptors (Lipinski definition) is 5. The number of pyridine rings is 1. The molecule has 6 heteroatoms. The third kappa shape index (κ3) is 2.34. The second-order valence-corrected chi connectivity index (χ2v) is 4.32. The predicted octanol–water partition coefficient (Wildman–Crippen LogP) is 1.72. The molecule has 0 radical (unpaired) electrons. The van der Waals surface area contributed by atoms with Gasteiger partial charge in [0.05, 0.1) is 35.2 Å². The molecule has 0 fully saturated rings. The Bertz CT molecular complexity index is 746. The van der Waals surface area contributed by atoms with E-state index in [0.29, 0.717) is 11.3 Å².